The Labute approximate surface area is 73.7 Å². The van der Waals surface area contributed by atoms with Crippen LogP contribution < -0.4 is 0 Å². The highest BCUT2D eigenvalue weighted by Crippen LogP contribution is 2.21. The van der Waals surface area contributed by atoms with Gasteiger partial charge in [0.05, 0.1) is 4.92 Å². The molecule has 0 amide bonds. The first-order valence-electron chi connectivity index (χ1n) is 3.05. The van der Waals surface area contributed by atoms with E-state index in [4.69, 9.17) is 4.55 Å². The lowest BCUT2D eigenvalue weighted by Gasteiger charge is -1.96. The SMILES string of the molecule is O=[N+]([O-])c1cc[c]cc1S(=O)(=O)O. The summed E-state index contributed by atoms with van der Waals surface area (Å²) < 4.78 is 29.7. The van der Waals surface area contributed by atoms with E-state index in [1.54, 1.807) is 0 Å². The zero-order chi connectivity index (χ0) is 10.1. The lowest BCUT2D eigenvalue weighted by molar-refractivity contribution is -0.387. The molecule has 0 aliphatic heterocycles. The summed E-state index contributed by atoms with van der Waals surface area (Å²) in [6.07, 6.45) is 0. The van der Waals surface area contributed by atoms with E-state index in [0.717, 1.165) is 12.1 Å². The number of hydrogen-bond donors (Lipinski definition) is 1. The molecule has 1 rings (SSSR count). The summed E-state index contributed by atoms with van der Waals surface area (Å²) in [6, 6.07) is 5.29. The van der Waals surface area contributed by atoms with Gasteiger partial charge in [0, 0.05) is 6.07 Å². The summed E-state index contributed by atoms with van der Waals surface area (Å²) in [4.78, 5) is 8.64. The minimum Gasteiger partial charge on any atom is -0.282 e. The van der Waals surface area contributed by atoms with Gasteiger partial charge in [0.15, 0.2) is 4.90 Å². The van der Waals surface area contributed by atoms with Gasteiger partial charge in [-0.3, -0.25) is 14.7 Å². The van der Waals surface area contributed by atoms with Gasteiger partial charge in [-0.05, 0) is 18.2 Å². The van der Waals surface area contributed by atoms with Crippen molar-refractivity contribution in [3.8, 4) is 0 Å². The van der Waals surface area contributed by atoms with Crippen LogP contribution in [-0.2, 0) is 10.1 Å². The molecule has 0 saturated carbocycles. The molecule has 1 aromatic carbocycles. The zero-order valence-corrected chi connectivity index (χ0v) is 6.98. The molecule has 0 heterocycles. The number of nitro benzene ring substituents is 1. The van der Waals surface area contributed by atoms with Gasteiger partial charge < -0.3 is 0 Å². The van der Waals surface area contributed by atoms with Gasteiger partial charge in [0.2, 0.25) is 0 Å². The fraction of sp³-hybridized carbons (Fsp3) is 0. The van der Waals surface area contributed by atoms with E-state index in [9.17, 15) is 18.5 Å². The van der Waals surface area contributed by atoms with Crippen LogP contribution in [0.4, 0.5) is 5.69 Å². The molecule has 0 aliphatic carbocycles. The summed E-state index contributed by atoms with van der Waals surface area (Å²) in [5.74, 6) is 0. The van der Waals surface area contributed by atoms with Crippen LogP contribution in [0.25, 0.3) is 0 Å². The van der Waals surface area contributed by atoms with Crippen LogP contribution in [0.15, 0.2) is 23.1 Å². The number of hydrogen-bond acceptors (Lipinski definition) is 4. The molecule has 13 heavy (non-hydrogen) atoms. The Bertz CT molecular complexity index is 438. The van der Waals surface area contributed by atoms with Crippen molar-refractivity contribution in [2.45, 2.75) is 4.90 Å². The Morgan fingerprint density at radius 2 is 2.15 bits per heavy atom. The second kappa shape index (κ2) is 3.11. The zero-order valence-electron chi connectivity index (χ0n) is 6.17. The summed E-state index contributed by atoms with van der Waals surface area (Å²) in [5, 5.41) is 10.3. The summed E-state index contributed by atoms with van der Waals surface area (Å²) in [5.41, 5.74) is -0.666. The quantitative estimate of drug-likeness (QED) is 0.431. The van der Waals surface area contributed by atoms with E-state index < -0.39 is 25.6 Å². The molecule has 1 N–H and O–H groups in total. The van der Waals surface area contributed by atoms with E-state index >= 15 is 0 Å². The summed E-state index contributed by atoms with van der Waals surface area (Å²) >= 11 is 0. The second-order valence-corrected chi connectivity index (χ2v) is 3.52. The van der Waals surface area contributed by atoms with Crippen molar-refractivity contribution in [3.63, 3.8) is 0 Å². The number of benzene rings is 1. The van der Waals surface area contributed by atoms with Gasteiger partial charge in [-0.2, -0.15) is 8.42 Å². The lowest BCUT2D eigenvalue weighted by atomic mass is 10.3. The van der Waals surface area contributed by atoms with Crippen LogP contribution in [0, 0.1) is 16.2 Å². The van der Waals surface area contributed by atoms with Crippen LogP contribution in [0.2, 0.25) is 0 Å². The molecule has 0 bridgehead atoms. The number of nitrogens with zero attached hydrogens (tertiary/aromatic N) is 1. The predicted octanol–water partition coefficient (Wildman–Crippen LogP) is 0.642. The van der Waals surface area contributed by atoms with Crippen LogP contribution in [-0.4, -0.2) is 17.9 Å². The second-order valence-electron chi connectivity index (χ2n) is 2.13. The fourth-order valence-electron chi connectivity index (χ4n) is 0.764. The van der Waals surface area contributed by atoms with E-state index in [2.05, 4.69) is 6.07 Å². The highest BCUT2D eigenvalue weighted by atomic mass is 32.2. The van der Waals surface area contributed by atoms with Gasteiger partial charge in [-0.1, -0.05) is 0 Å². The first kappa shape index (κ1) is 9.62. The maximum atomic E-state index is 10.6. The molecule has 1 radical (unpaired) electrons. The van der Waals surface area contributed by atoms with E-state index in [0.29, 0.717) is 0 Å². The first-order valence-corrected chi connectivity index (χ1v) is 4.49. The average molecular weight is 202 g/mol. The highest BCUT2D eigenvalue weighted by Gasteiger charge is 2.22. The van der Waals surface area contributed by atoms with Crippen LogP contribution in [0.5, 0.6) is 0 Å². The summed E-state index contributed by atoms with van der Waals surface area (Å²) in [6.45, 7) is 0. The van der Waals surface area contributed by atoms with Crippen molar-refractivity contribution in [2.24, 2.45) is 0 Å². The minimum absolute atomic E-state index is 0.666. The van der Waals surface area contributed by atoms with Crippen molar-refractivity contribution in [3.05, 3.63) is 34.4 Å². The molecule has 6 nitrogen and oxygen atoms in total. The molecule has 0 unspecified atom stereocenters. The topological polar surface area (TPSA) is 97.5 Å². The molecule has 0 saturated heterocycles. The maximum absolute atomic E-state index is 10.6. The molecule has 0 spiro atoms. The van der Waals surface area contributed by atoms with Crippen molar-refractivity contribution in [1.29, 1.82) is 0 Å². The highest BCUT2D eigenvalue weighted by molar-refractivity contribution is 7.86. The van der Waals surface area contributed by atoms with Gasteiger partial charge in [0.1, 0.15) is 0 Å². The molecular formula is C6H4NO5S. The average Bonchev–Trinajstić information content (AvgIpc) is 2.03. The van der Waals surface area contributed by atoms with Gasteiger partial charge in [-0.15, -0.1) is 0 Å². The summed E-state index contributed by atoms with van der Waals surface area (Å²) in [7, 11) is -4.55. The van der Waals surface area contributed by atoms with Crippen molar-refractivity contribution < 1.29 is 17.9 Å². The molecule has 69 valence electrons. The Balaban J connectivity index is 3.46. The van der Waals surface area contributed by atoms with E-state index in [1.807, 2.05) is 0 Å². The normalized spacial score (nSPS) is 11.2. The minimum atomic E-state index is -4.55. The van der Waals surface area contributed by atoms with Gasteiger partial charge in [0.25, 0.3) is 5.69 Å². The number of rotatable bonds is 2. The molecule has 0 aliphatic rings. The van der Waals surface area contributed by atoms with Crippen LogP contribution >= 0.6 is 0 Å². The molecule has 0 aromatic heterocycles. The lowest BCUT2D eigenvalue weighted by Crippen LogP contribution is -2.02. The monoisotopic (exact) mass is 202 g/mol. The van der Waals surface area contributed by atoms with Crippen LogP contribution in [0.1, 0.15) is 0 Å². The fourth-order valence-corrected chi connectivity index (χ4v) is 1.39. The molecule has 1 aromatic rings. The Kier molecular flexibility index (Phi) is 2.30. The maximum Gasteiger partial charge on any atom is 0.301 e. The third-order valence-electron chi connectivity index (χ3n) is 1.28. The predicted molar refractivity (Wildman–Crippen MR) is 41.7 cm³/mol. The van der Waals surface area contributed by atoms with Crippen molar-refractivity contribution in [2.75, 3.05) is 0 Å². The molecule has 7 heteroatoms. The van der Waals surface area contributed by atoms with E-state index in [-0.39, 0.29) is 0 Å². The molecule has 0 fully saturated rings. The van der Waals surface area contributed by atoms with E-state index in [1.165, 1.54) is 6.07 Å². The third-order valence-corrected chi connectivity index (χ3v) is 2.16. The largest absolute Gasteiger partial charge is 0.301 e. The Morgan fingerprint density at radius 1 is 1.54 bits per heavy atom. The first-order chi connectivity index (χ1) is 5.93. The van der Waals surface area contributed by atoms with Crippen molar-refractivity contribution in [1.82, 2.24) is 0 Å². The van der Waals surface area contributed by atoms with Gasteiger partial charge >= 0.3 is 10.1 Å². The van der Waals surface area contributed by atoms with Gasteiger partial charge in [-0.25, -0.2) is 0 Å². The Morgan fingerprint density at radius 3 is 2.54 bits per heavy atom. The number of nitro groups is 1. The Hall–Kier alpha value is -1.47. The molecular weight excluding hydrogens is 198 g/mol. The third kappa shape index (κ3) is 2.01. The standard InChI is InChI=1S/C6H4NO5S/c8-7(9)5-3-1-2-4-6(5)13(10,11)12/h1,3-4H,(H,10,11,12). The van der Waals surface area contributed by atoms with Crippen LogP contribution in [0.3, 0.4) is 0 Å². The van der Waals surface area contributed by atoms with Crippen molar-refractivity contribution >= 4 is 15.8 Å². The molecule has 0 atom stereocenters. The smallest absolute Gasteiger partial charge is 0.282 e.